The molecule has 2 aromatic heterocycles. The summed E-state index contributed by atoms with van der Waals surface area (Å²) in [4.78, 5) is 8.00. The maximum absolute atomic E-state index is 12.4. The fourth-order valence-corrected chi connectivity index (χ4v) is 1.73. The average Bonchev–Trinajstić information content (AvgIpc) is 2.56. The number of rotatable bonds is 3. The lowest BCUT2D eigenvalue weighted by Crippen LogP contribution is -2.09. The van der Waals surface area contributed by atoms with Crippen LogP contribution < -0.4 is 4.74 Å². The molecule has 0 amide bonds. The van der Waals surface area contributed by atoms with Crippen LogP contribution in [-0.4, -0.2) is 20.2 Å². The van der Waals surface area contributed by atoms with Gasteiger partial charge in [-0.15, -0.1) is 10.2 Å². The largest absolute Gasteiger partial charge is 0.435 e. The molecule has 0 unspecified atom stereocenters. The second-order valence-corrected chi connectivity index (χ2v) is 4.47. The first-order chi connectivity index (χ1) is 11.0. The van der Waals surface area contributed by atoms with Gasteiger partial charge in [-0.2, -0.15) is 13.2 Å². The number of para-hydroxylation sites is 1. The fraction of sp³-hybridized carbons (Fsp3) is 0.0667. The zero-order valence-corrected chi connectivity index (χ0v) is 11.5. The lowest BCUT2D eigenvalue weighted by molar-refractivity contribution is -0.141. The summed E-state index contributed by atoms with van der Waals surface area (Å²) >= 11 is 0. The smallest absolute Gasteiger partial charge is 0.424 e. The topological polar surface area (TPSA) is 60.8 Å². The summed E-state index contributed by atoms with van der Waals surface area (Å²) in [5.74, 6) is 0.578. The number of ether oxygens (including phenoxy) is 1. The summed E-state index contributed by atoms with van der Waals surface area (Å²) in [7, 11) is 0. The summed E-state index contributed by atoms with van der Waals surface area (Å²) < 4.78 is 42.7. The first kappa shape index (κ1) is 14.9. The number of alkyl halides is 3. The Bertz CT molecular complexity index is 775. The van der Waals surface area contributed by atoms with E-state index >= 15 is 0 Å². The first-order valence-corrected chi connectivity index (χ1v) is 6.48. The highest BCUT2D eigenvalue weighted by Gasteiger charge is 2.32. The molecule has 0 fully saturated rings. The number of aromatic nitrogens is 4. The molecule has 8 heteroatoms. The number of hydrogen-bond acceptors (Lipinski definition) is 5. The van der Waals surface area contributed by atoms with E-state index in [1.807, 2.05) is 18.2 Å². The predicted octanol–water partition coefficient (Wildman–Crippen LogP) is 3.74. The summed E-state index contributed by atoms with van der Waals surface area (Å²) in [5, 5.41) is 6.69. The Kier molecular flexibility index (Phi) is 3.88. The van der Waals surface area contributed by atoms with Crippen molar-refractivity contribution in [3.8, 4) is 23.0 Å². The van der Waals surface area contributed by atoms with Gasteiger partial charge in [0.05, 0.1) is 5.69 Å². The molecule has 5 nitrogen and oxygen atoms in total. The van der Waals surface area contributed by atoms with E-state index < -0.39 is 11.9 Å². The van der Waals surface area contributed by atoms with Gasteiger partial charge < -0.3 is 4.74 Å². The van der Waals surface area contributed by atoms with Crippen LogP contribution in [0.3, 0.4) is 0 Å². The van der Waals surface area contributed by atoms with Crippen molar-refractivity contribution >= 4 is 0 Å². The van der Waals surface area contributed by atoms with Crippen molar-refractivity contribution in [3.05, 3.63) is 60.6 Å². The van der Waals surface area contributed by atoms with Crippen LogP contribution in [-0.2, 0) is 6.18 Å². The SMILES string of the molecule is FC(F)(F)c1ccc(-c2cnc(Oc3ccccc3)nc2)nn1. The fourth-order valence-electron chi connectivity index (χ4n) is 1.73. The third kappa shape index (κ3) is 3.60. The number of benzene rings is 1. The van der Waals surface area contributed by atoms with Crippen molar-refractivity contribution in [2.75, 3.05) is 0 Å². The molecule has 0 spiro atoms. The quantitative estimate of drug-likeness (QED) is 0.736. The van der Waals surface area contributed by atoms with Crippen LogP contribution in [0, 0.1) is 0 Å². The number of hydrogen-bond donors (Lipinski definition) is 0. The van der Waals surface area contributed by atoms with E-state index in [0.717, 1.165) is 6.07 Å². The van der Waals surface area contributed by atoms with Gasteiger partial charge in [0.15, 0.2) is 5.69 Å². The molecule has 0 N–H and O–H groups in total. The molecule has 0 atom stereocenters. The first-order valence-electron chi connectivity index (χ1n) is 6.48. The van der Waals surface area contributed by atoms with Gasteiger partial charge in [-0.05, 0) is 24.3 Å². The van der Waals surface area contributed by atoms with Crippen molar-refractivity contribution in [1.29, 1.82) is 0 Å². The van der Waals surface area contributed by atoms with Crippen LogP contribution in [0.2, 0.25) is 0 Å². The van der Waals surface area contributed by atoms with Crippen LogP contribution in [0.15, 0.2) is 54.9 Å². The molecule has 0 radical (unpaired) electrons. The van der Waals surface area contributed by atoms with Gasteiger partial charge >= 0.3 is 12.2 Å². The van der Waals surface area contributed by atoms with Gasteiger partial charge in [0.2, 0.25) is 0 Å². The summed E-state index contributed by atoms with van der Waals surface area (Å²) in [6, 6.07) is 11.2. The van der Waals surface area contributed by atoms with Crippen LogP contribution in [0.25, 0.3) is 11.3 Å². The molecule has 1 aromatic carbocycles. The standard InChI is InChI=1S/C15H9F3N4O/c16-15(17,18)13-7-6-12(21-22-13)10-8-19-14(20-9-10)23-11-4-2-1-3-5-11/h1-9H. The molecule has 23 heavy (non-hydrogen) atoms. The molecule has 116 valence electrons. The predicted molar refractivity (Wildman–Crippen MR) is 74.6 cm³/mol. The van der Waals surface area contributed by atoms with E-state index in [-0.39, 0.29) is 11.7 Å². The van der Waals surface area contributed by atoms with Crippen LogP contribution in [0.5, 0.6) is 11.8 Å². The second-order valence-electron chi connectivity index (χ2n) is 4.47. The van der Waals surface area contributed by atoms with E-state index in [2.05, 4.69) is 20.2 Å². The number of halogens is 3. The lowest BCUT2D eigenvalue weighted by atomic mass is 10.2. The normalized spacial score (nSPS) is 11.3. The molecule has 0 aliphatic carbocycles. The molecule has 0 aliphatic heterocycles. The third-order valence-electron chi connectivity index (χ3n) is 2.83. The van der Waals surface area contributed by atoms with Crippen molar-refractivity contribution < 1.29 is 17.9 Å². The highest BCUT2D eigenvalue weighted by molar-refractivity contribution is 5.56. The van der Waals surface area contributed by atoms with Crippen molar-refractivity contribution in [3.63, 3.8) is 0 Å². The molecule has 3 rings (SSSR count). The van der Waals surface area contributed by atoms with Crippen molar-refractivity contribution in [2.24, 2.45) is 0 Å². The monoisotopic (exact) mass is 318 g/mol. The zero-order chi connectivity index (χ0) is 16.3. The maximum atomic E-state index is 12.4. The Morgan fingerprint density at radius 1 is 0.826 bits per heavy atom. The minimum atomic E-state index is -4.52. The molecular formula is C15H9F3N4O. The molecule has 0 aliphatic rings. The van der Waals surface area contributed by atoms with E-state index in [4.69, 9.17) is 4.74 Å². The zero-order valence-electron chi connectivity index (χ0n) is 11.5. The molecular weight excluding hydrogens is 309 g/mol. The molecule has 0 bridgehead atoms. The van der Waals surface area contributed by atoms with Crippen LogP contribution >= 0.6 is 0 Å². The molecule has 2 heterocycles. The molecule has 0 saturated heterocycles. The van der Waals surface area contributed by atoms with Gasteiger partial charge in [-0.1, -0.05) is 18.2 Å². The molecule has 0 saturated carbocycles. The Labute approximate surface area is 128 Å². The minimum absolute atomic E-state index is 0.125. The van der Waals surface area contributed by atoms with Crippen LogP contribution in [0.4, 0.5) is 13.2 Å². The Morgan fingerprint density at radius 2 is 1.52 bits per heavy atom. The van der Waals surface area contributed by atoms with Gasteiger partial charge in [0, 0.05) is 18.0 Å². The second kappa shape index (κ2) is 5.99. The highest BCUT2D eigenvalue weighted by Crippen LogP contribution is 2.28. The van der Waals surface area contributed by atoms with Gasteiger partial charge in [-0.3, -0.25) is 0 Å². The van der Waals surface area contributed by atoms with Crippen LogP contribution in [0.1, 0.15) is 5.69 Å². The minimum Gasteiger partial charge on any atom is -0.424 e. The summed E-state index contributed by atoms with van der Waals surface area (Å²) in [6.07, 6.45) is -1.71. The van der Waals surface area contributed by atoms with E-state index in [9.17, 15) is 13.2 Å². The Morgan fingerprint density at radius 3 is 2.09 bits per heavy atom. The highest BCUT2D eigenvalue weighted by atomic mass is 19.4. The van der Waals surface area contributed by atoms with Gasteiger partial charge in [0.1, 0.15) is 5.75 Å². The van der Waals surface area contributed by atoms with E-state index in [1.54, 1.807) is 12.1 Å². The van der Waals surface area contributed by atoms with Gasteiger partial charge in [-0.25, -0.2) is 9.97 Å². The van der Waals surface area contributed by atoms with Crippen molar-refractivity contribution in [1.82, 2.24) is 20.2 Å². The van der Waals surface area contributed by atoms with E-state index in [0.29, 0.717) is 11.3 Å². The maximum Gasteiger partial charge on any atom is 0.435 e. The Hall–Kier alpha value is -3.03. The van der Waals surface area contributed by atoms with Crippen molar-refractivity contribution in [2.45, 2.75) is 6.18 Å². The van der Waals surface area contributed by atoms with E-state index in [1.165, 1.54) is 18.5 Å². The summed E-state index contributed by atoms with van der Waals surface area (Å²) in [6.45, 7) is 0. The van der Waals surface area contributed by atoms with Gasteiger partial charge in [0.25, 0.3) is 0 Å². The third-order valence-corrected chi connectivity index (χ3v) is 2.83. The summed E-state index contributed by atoms with van der Waals surface area (Å²) in [5.41, 5.74) is -0.373. The lowest BCUT2D eigenvalue weighted by Gasteiger charge is -2.06. The Balaban J connectivity index is 1.77. The number of nitrogens with zero attached hydrogens (tertiary/aromatic N) is 4. The molecule has 3 aromatic rings. The average molecular weight is 318 g/mol.